The van der Waals surface area contributed by atoms with Crippen LogP contribution in [0.3, 0.4) is 0 Å². The monoisotopic (exact) mass is 303 g/mol. The van der Waals surface area contributed by atoms with Crippen LogP contribution in [0.2, 0.25) is 0 Å². The van der Waals surface area contributed by atoms with E-state index in [0.29, 0.717) is 13.2 Å². The lowest BCUT2D eigenvalue weighted by Gasteiger charge is -2.28. The molecule has 0 saturated carbocycles. The number of aliphatic carboxylic acids is 1. The van der Waals surface area contributed by atoms with Gasteiger partial charge in [-0.3, -0.25) is 4.79 Å². The van der Waals surface area contributed by atoms with Gasteiger partial charge >= 0.3 is 12.1 Å². The Morgan fingerprint density at radius 1 is 1.00 bits per heavy atom. The van der Waals surface area contributed by atoms with Crippen molar-refractivity contribution in [2.75, 3.05) is 19.8 Å². The molecule has 0 radical (unpaired) electrons. The molecule has 1 amide bonds. The van der Waals surface area contributed by atoms with E-state index in [9.17, 15) is 9.59 Å². The Kier molecular flexibility index (Phi) is 6.67. The molecule has 0 fully saturated rings. The maximum Gasteiger partial charge on any atom is 0.407 e. The van der Waals surface area contributed by atoms with Crippen molar-refractivity contribution in [2.45, 2.75) is 54.1 Å². The van der Waals surface area contributed by atoms with E-state index in [-0.39, 0.29) is 12.0 Å². The number of alkyl carbamates (subject to hydrolysis) is 1. The molecule has 0 atom stereocenters. The minimum atomic E-state index is -0.922. The van der Waals surface area contributed by atoms with Crippen molar-refractivity contribution in [3.8, 4) is 0 Å². The molecule has 0 spiro atoms. The van der Waals surface area contributed by atoms with Gasteiger partial charge in [0, 0.05) is 12.0 Å². The van der Waals surface area contributed by atoms with Gasteiger partial charge in [0.1, 0.15) is 5.60 Å². The van der Waals surface area contributed by atoms with Gasteiger partial charge < -0.3 is 19.9 Å². The Morgan fingerprint density at radius 2 is 1.52 bits per heavy atom. The summed E-state index contributed by atoms with van der Waals surface area (Å²) >= 11 is 0. The number of carboxylic acid groups (broad SMARTS) is 1. The standard InChI is InChI=1S/C15H29NO5/c1-13(2,3)21-12(19)16-8-14(4,5)9-20-10-15(6,7)11(17)18/h8-10H2,1-7H3,(H,16,19)(H,17,18). The first-order chi connectivity index (χ1) is 9.25. The summed E-state index contributed by atoms with van der Waals surface area (Å²) < 4.78 is 10.6. The molecule has 21 heavy (non-hydrogen) atoms. The zero-order chi connectivity index (χ0) is 16.9. The van der Waals surface area contributed by atoms with Gasteiger partial charge in [0.15, 0.2) is 0 Å². The van der Waals surface area contributed by atoms with E-state index in [1.54, 1.807) is 34.6 Å². The molecule has 0 bridgehead atoms. The molecule has 2 N–H and O–H groups in total. The SMILES string of the molecule is CC(C)(CNC(=O)OC(C)(C)C)COCC(C)(C)C(=O)O. The first kappa shape index (κ1) is 19.7. The average Bonchev–Trinajstić information content (AvgIpc) is 2.23. The zero-order valence-corrected chi connectivity index (χ0v) is 14.2. The molecular weight excluding hydrogens is 274 g/mol. The molecule has 0 aromatic rings. The first-order valence-electron chi connectivity index (χ1n) is 7.03. The van der Waals surface area contributed by atoms with Crippen LogP contribution in [0, 0.1) is 10.8 Å². The van der Waals surface area contributed by atoms with Crippen molar-refractivity contribution in [1.29, 1.82) is 0 Å². The third-order valence-corrected chi connectivity index (χ3v) is 2.64. The number of rotatable bonds is 7. The van der Waals surface area contributed by atoms with Crippen molar-refractivity contribution in [3.05, 3.63) is 0 Å². The highest BCUT2D eigenvalue weighted by molar-refractivity contribution is 5.73. The van der Waals surface area contributed by atoms with Crippen LogP contribution in [0.25, 0.3) is 0 Å². The van der Waals surface area contributed by atoms with Gasteiger partial charge in [-0.2, -0.15) is 0 Å². The van der Waals surface area contributed by atoms with E-state index in [0.717, 1.165) is 0 Å². The fourth-order valence-corrected chi connectivity index (χ4v) is 1.32. The third kappa shape index (κ3) is 9.28. The molecule has 0 rings (SSSR count). The lowest BCUT2D eigenvalue weighted by Crippen LogP contribution is -2.40. The minimum Gasteiger partial charge on any atom is -0.481 e. The Hall–Kier alpha value is -1.30. The largest absolute Gasteiger partial charge is 0.481 e. The number of hydrogen-bond donors (Lipinski definition) is 2. The maximum absolute atomic E-state index is 11.6. The van der Waals surface area contributed by atoms with E-state index in [1.165, 1.54) is 0 Å². The number of hydrogen-bond acceptors (Lipinski definition) is 4. The van der Waals surface area contributed by atoms with Crippen molar-refractivity contribution < 1.29 is 24.2 Å². The van der Waals surface area contributed by atoms with Crippen LogP contribution in [0.5, 0.6) is 0 Å². The summed E-state index contributed by atoms with van der Waals surface area (Å²) in [5.74, 6) is -0.896. The Labute approximate surface area is 127 Å². The second-order valence-electron chi connectivity index (χ2n) is 7.70. The van der Waals surface area contributed by atoms with Crippen LogP contribution < -0.4 is 5.32 Å². The topological polar surface area (TPSA) is 84.9 Å². The van der Waals surface area contributed by atoms with Crippen molar-refractivity contribution in [3.63, 3.8) is 0 Å². The van der Waals surface area contributed by atoms with Crippen LogP contribution in [0.4, 0.5) is 4.79 Å². The number of carbonyl (C=O) groups is 2. The average molecular weight is 303 g/mol. The molecule has 6 nitrogen and oxygen atoms in total. The molecule has 0 aliphatic carbocycles. The second kappa shape index (κ2) is 7.11. The van der Waals surface area contributed by atoms with Crippen LogP contribution in [0.15, 0.2) is 0 Å². The summed E-state index contributed by atoms with van der Waals surface area (Å²) in [4.78, 5) is 22.5. The van der Waals surface area contributed by atoms with Gasteiger partial charge in [0.05, 0.1) is 18.6 Å². The van der Waals surface area contributed by atoms with Gasteiger partial charge in [-0.05, 0) is 34.6 Å². The van der Waals surface area contributed by atoms with Crippen LogP contribution in [-0.2, 0) is 14.3 Å². The van der Waals surface area contributed by atoms with E-state index in [4.69, 9.17) is 14.6 Å². The second-order valence-corrected chi connectivity index (χ2v) is 7.70. The summed E-state index contributed by atoms with van der Waals surface area (Å²) in [7, 11) is 0. The van der Waals surface area contributed by atoms with Crippen molar-refractivity contribution in [2.24, 2.45) is 10.8 Å². The molecule has 0 aliphatic heterocycles. The van der Waals surface area contributed by atoms with Gasteiger partial charge in [-0.1, -0.05) is 13.8 Å². The molecule has 0 saturated heterocycles. The Balaban J connectivity index is 4.16. The maximum atomic E-state index is 11.6. The van der Waals surface area contributed by atoms with Gasteiger partial charge in [0.2, 0.25) is 0 Å². The highest BCUT2D eigenvalue weighted by Crippen LogP contribution is 2.19. The smallest absolute Gasteiger partial charge is 0.407 e. The third-order valence-electron chi connectivity index (χ3n) is 2.64. The van der Waals surface area contributed by atoms with Crippen LogP contribution in [0.1, 0.15) is 48.5 Å². The Bertz CT molecular complexity index is 369. The van der Waals surface area contributed by atoms with E-state index in [1.807, 2.05) is 13.8 Å². The molecule has 0 unspecified atom stereocenters. The molecule has 0 aromatic carbocycles. The number of nitrogens with one attached hydrogen (secondary N) is 1. The molecule has 124 valence electrons. The normalized spacial score (nSPS) is 12.9. The fraction of sp³-hybridized carbons (Fsp3) is 0.867. The molecule has 0 heterocycles. The lowest BCUT2D eigenvalue weighted by atomic mass is 9.93. The summed E-state index contributed by atoms with van der Waals surface area (Å²) in [5, 5.41) is 11.7. The van der Waals surface area contributed by atoms with Gasteiger partial charge in [0.25, 0.3) is 0 Å². The van der Waals surface area contributed by atoms with Crippen molar-refractivity contribution >= 4 is 12.1 Å². The molecular formula is C15H29NO5. The number of carbonyl (C=O) groups excluding carboxylic acids is 1. The minimum absolute atomic E-state index is 0.123. The highest BCUT2D eigenvalue weighted by atomic mass is 16.6. The Morgan fingerprint density at radius 3 is 1.95 bits per heavy atom. The van der Waals surface area contributed by atoms with E-state index in [2.05, 4.69) is 5.32 Å². The summed E-state index contributed by atoms with van der Waals surface area (Å²) in [5.41, 5.74) is -1.77. The molecule has 0 aliphatic rings. The number of ether oxygens (including phenoxy) is 2. The van der Waals surface area contributed by atoms with Crippen LogP contribution >= 0.6 is 0 Å². The summed E-state index contributed by atoms with van der Waals surface area (Å²) in [6, 6.07) is 0. The van der Waals surface area contributed by atoms with Gasteiger partial charge in [-0.25, -0.2) is 4.79 Å². The van der Waals surface area contributed by atoms with E-state index < -0.39 is 23.1 Å². The van der Waals surface area contributed by atoms with Crippen molar-refractivity contribution in [1.82, 2.24) is 5.32 Å². The molecule has 0 aromatic heterocycles. The summed E-state index contributed by atoms with van der Waals surface area (Å²) in [6.45, 7) is 13.3. The number of carboxylic acids is 1. The van der Waals surface area contributed by atoms with Crippen LogP contribution in [-0.4, -0.2) is 42.5 Å². The fourth-order valence-electron chi connectivity index (χ4n) is 1.32. The predicted molar refractivity (Wildman–Crippen MR) is 80.3 cm³/mol. The number of amides is 1. The van der Waals surface area contributed by atoms with E-state index >= 15 is 0 Å². The zero-order valence-electron chi connectivity index (χ0n) is 14.2. The first-order valence-corrected chi connectivity index (χ1v) is 7.03. The quantitative estimate of drug-likeness (QED) is 0.755. The summed E-state index contributed by atoms with van der Waals surface area (Å²) in [6.07, 6.45) is -0.471. The highest BCUT2D eigenvalue weighted by Gasteiger charge is 2.29. The molecule has 6 heteroatoms. The predicted octanol–water partition coefficient (Wildman–Crippen LogP) is 2.66. The van der Waals surface area contributed by atoms with Gasteiger partial charge in [-0.15, -0.1) is 0 Å². The lowest BCUT2D eigenvalue weighted by molar-refractivity contribution is -0.151.